The summed E-state index contributed by atoms with van der Waals surface area (Å²) in [4.78, 5) is 0. The minimum atomic E-state index is -1.54. The second-order valence-corrected chi connectivity index (χ2v) is 8.10. The molecule has 0 amide bonds. The van der Waals surface area contributed by atoms with Crippen LogP contribution in [0, 0.1) is 17.5 Å². The van der Waals surface area contributed by atoms with Crippen LogP contribution in [0.5, 0.6) is 0 Å². The van der Waals surface area contributed by atoms with Crippen molar-refractivity contribution in [3.05, 3.63) is 35.1 Å². The molecule has 138 valence electrons. The quantitative estimate of drug-likeness (QED) is 0.270. The lowest BCUT2D eigenvalue weighted by molar-refractivity contribution is 0.195. The van der Waals surface area contributed by atoms with Gasteiger partial charge < -0.3 is 8.85 Å². The van der Waals surface area contributed by atoms with Crippen LogP contribution in [0.2, 0.25) is 6.04 Å². The standard InChI is InChI=1S/C18H29F3O2Si/c1-3-10-22-24(23-11-4-2)12-8-6-5-7-9-15-13-16(19)18(21)17(20)14-15/h13-14,24H,3-12H2,1-2H3. The van der Waals surface area contributed by atoms with E-state index in [2.05, 4.69) is 13.8 Å². The molecule has 0 aliphatic heterocycles. The molecule has 1 aromatic carbocycles. The number of benzene rings is 1. The normalized spacial score (nSPS) is 11.4. The first-order chi connectivity index (χ1) is 11.6. The molecular formula is C18H29F3O2Si. The van der Waals surface area contributed by atoms with Crippen LogP contribution in [0.15, 0.2) is 12.1 Å². The van der Waals surface area contributed by atoms with Crippen LogP contribution in [0.1, 0.15) is 57.9 Å². The molecule has 0 N–H and O–H groups in total. The Labute approximate surface area is 145 Å². The Morgan fingerprint density at radius 2 is 1.38 bits per heavy atom. The van der Waals surface area contributed by atoms with E-state index < -0.39 is 26.7 Å². The highest BCUT2D eigenvalue weighted by Gasteiger charge is 2.13. The minimum Gasteiger partial charge on any atom is -0.397 e. The van der Waals surface area contributed by atoms with Crippen molar-refractivity contribution in [2.75, 3.05) is 13.2 Å². The second kappa shape index (κ2) is 12.5. The molecule has 0 radical (unpaired) electrons. The third-order valence-electron chi connectivity index (χ3n) is 3.71. The Balaban J connectivity index is 2.20. The van der Waals surface area contributed by atoms with E-state index in [-0.39, 0.29) is 0 Å². The molecule has 6 heteroatoms. The van der Waals surface area contributed by atoms with Gasteiger partial charge in [0.15, 0.2) is 17.5 Å². The lowest BCUT2D eigenvalue weighted by Crippen LogP contribution is -2.23. The fraction of sp³-hybridized carbons (Fsp3) is 0.667. The van der Waals surface area contributed by atoms with Gasteiger partial charge in [-0.05, 0) is 49.4 Å². The second-order valence-electron chi connectivity index (χ2n) is 6.00. The van der Waals surface area contributed by atoms with Crippen molar-refractivity contribution < 1.29 is 22.0 Å². The topological polar surface area (TPSA) is 18.5 Å². The molecule has 0 heterocycles. The molecule has 2 nitrogen and oxygen atoms in total. The highest BCUT2D eigenvalue weighted by atomic mass is 28.3. The van der Waals surface area contributed by atoms with E-state index in [9.17, 15) is 13.2 Å². The Morgan fingerprint density at radius 3 is 1.92 bits per heavy atom. The number of hydrogen-bond donors (Lipinski definition) is 0. The molecule has 1 rings (SSSR count). The molecule has 0 aliphatic carbocycles. The van der Waals surface area contributed by atoms with Crippen LogP contribution in [0.3, 0.4) is 0 Å². The third kappa shape index (κ3) is 8.31. The molecule has 0 aliphatic rings. The summed E-state index contributed by atoms with van der Waals surface area (Å²) >= 11 is 0. The summed E-state index contributed by atoms with van der Waals surface area (Å²) in [5.74, 6) is -3.62. The summed E-state index contributed by atoms with van der Waals surface area (Å²) in [5, 5.41) is 0. The molecular weight excluding hydrogens is 333 g/mol. The van der Waals surface area contributed by atoms with E-state index in [4.69, 9.17) is 8.85 Å². The fourth-order valence-corrected chi connectivity index (χ4v) is 4.51. The van der Waals surface area contributed by atoms with Crippen LogP contribution in [-0.2, 0) is 15.3 Å². The molecule has 1 aromatic rings. The Bertz CT molecular complexity index is 441. The number of halogens is 3. The smallest absolute Gasteiger partial charge is 0.321 e. The first kappa shape index (κ1) is 21.2. The van der Waals surface area contributed by atoms with Crippen LogP contribution < -0.4 is 0 Å². The Morgan fingerprint density at radius 1 is 0.833 bits per heavy atom. The summed E-state index contributed by atoms with van der Waals surface area (Å²) < 4.78 is 50.7. The van der Waals surface area contributed by atoms with Gasteiger partial charge in [0.05, 0.1) is 0 Å². The van der Waals surface area contributed by atoms with E-state index in [1.54, 1.807) is 0 Å². The van der Waals surface area contributed by atoms with Gasteiger partial charge in [0.2, 0.25) is 0 Å². The van der Waals surface area contributed by atoms with E-state index >= 15 is 0 Å². The van der Waals surface area contributed by atoms with Crippen molar-refractivity contribution in [2.45, 2.75) is 64.8 Å². The average Bonchev–Trinajstić information content (AvgIpc) is 2.57. The molecule has 0 fully saturated rings. The predicted molar refractivity (Wildman–Crippen MR) is 92.9 cm³/mol. The summed E-state index contributed by atoms with van der Waals surface area (Å²) in [6.07, 6.45) is 6.48. The lowest BCUT2D eigenvalue weighted by atomic mass is 10.1. The first-order valence-electron chi connectivity index (χ1n) is 8.95. The van der Waals surface area contributed by atoms with Gasteiger partial charge in [-0.25, -0.2) is 13.2 Å². The highest BCUT2D eigenvalue weighted by Crippen LogP contribution is 2.16. The maximum Gasteiger partial charge on any atom is 0.321 e. The van der Waals surface area contributed by atoms with Crippen LogP contribution in [0.4, 0.5) is 13.2 Å². The van der Waals surface area contributed by atoms with Crippen molar-refractivity contribution in [2.24, 2.45) is 0 Å². The van der Waals surface area contributed by atoms with Crippen molar-refractivity contribution in [3.8, 4) is 0 Å². The molecule has 0 unspecified atom stereocenters. The first-order valence-corrected chi connectivity index (χ1v) is 10.7. The van der Waals surface area contributed by atoms with Crippen molar-refractivity contribution in [1.82, 2.24) is 0 Å². The Hall–Kier alpha value is -0.853. The highest BCUT2D eigenvalue weighted by molar-refractivity contribution is 6.44. The largest absolute Gasteiger partial charge is 0.397 e. The Kier molecular flexibility index (Phi) is 11.0. The van der Waals surface area contributed by atoms with Crippen LogP contribution >= 0.6 is 0 Å². The third-order valence-corrected chi connectivity index (χ3v) is 5.81. The van der Waals surface area contributed by atoms with E-state index in [0.717, 1.165) is 69.9 Å². The molecule has 0 spiro atoms. The molecule has 0 bridgehead atoms. The zero-order chi connectivity index (χ0) is 17.8. The van der Waals surface area contributed by atoms with Crippen molar-refractivity contribution >= 4 is 9.28 Å². The zero-order valence-corrected chi connectivity index (χ0v) is 15.9. The van der Waals surface area contributed by atoms with Crippen LogP contribution in [-0.4, -0.2) is 22.5 Å². The molecule has 0 aromatic heterocycles. The monoisotopic (exact) mass is 362 g/mol. The van der Waals surface area contributed by atoms with Crippen molar-refractivity contribution in [1.29, 1.82) is 0 Å². The number of aryl methyl sites for hydroxylation is 1. The summed E-state index contributed by atoms with van der Waals surface area (Å²) in [6.45, 7) is 5.71. The number of rotatable bonds is 13. The van der Waals surface area contributed by atoms with Gasteiger partial charge >= 0.3 is 9.28 Å². The van der Waals surface area contributed by atoms with Gasteiger partial charge in [-0.2, -0.15) is 0 Å². The van der Waals surface area contributed by atoms with Crippen molar-refractivity contribution in [3.63, 3.8) is 0 Å². The zero-order valence-electron chi connectivity index (χ0n) is 14.8. The van der Waals surface area contributed by atoms with E-state index in [0.29, 0.717) is 12.0 Å². The fourth-order valence-electron chi connectivity index (χ4n) is 2.46. The summed E-state index contributed by atoms with van der Waals surface area (Å²) in [5.41, 5.74) is 0.510. The average molecular weight is 363 g/mol. The van der Waals surface area contributed by atoms with E-state index in [1.807, 2.05) is 0 Å². The van der Waals surface area contributed by atoms with Crippen LogP contribution in [0.25, 0.3) is 0 Å². The molecule has 0 atom stereocenters. The SMILES string of the molecule is CCCO[SiH](CCCCCCc1cc(F)c(F)c(F)c1)OCCC. The number of hydrogen-bond acceptors (Lipinski definition) is 2. The molecule has 24 heavy (non-hydrogen) atoms. The van der Waals surface area contributed by atoms with Gasteiger partial charge in [0, 0.05) is 13.2 Å². The predicted octanol–water partition coefficient (Wildman–Crippen LogP) is 5.28. The minimum absolute atomic E-state index is 0.510. The summed E-state index contributed by atoms with van der Waals surface area (Å²) in [7, 11) is -1.54. The van der Waals surface area contributed by atoms with Gasteiger partial charge in [-0.3, -0.25) is 0 Å². The van der Waals surface area contributed by atoms with Gasteiger partial charge in [-0.1, -0.05) is 33.1 Å². The maximum atomic E-state index is 13.1. The van der Waals surface area contributed by atoms with E-state index in [1.165, 1.54) is 0 Å². The maximum absolute atomic E-state index is 13.1. The van der Waals surface area contributed by atoms with Gasteiger partial charge in [0.1, 0.15) is 0 Å². The summed E-state index contributed by atoms with van der Waals surface area (Å²) in [6, 6.07) is 3.16. The molecule has 0 saturated heterocycles. The molecule has 0 saturated carbocycles. The van der Waals surface area contributed by atoms with Gasteiger partial charge in [0.25, 0.3) is 0 Å². The lowest BCUT2D eigenvalue weighted by Gasteiger charge is -2.16. The van der Waals surface area contributed by atoms with Gasteiger partial charge in [-0.15, -0.1) is 0 Å². The number of unbranched alkanes of at least 4 members (excludes halogenated alkanes) is 3.